The van der Waals surface area contributed by atoms with Crippen LogP contribution in [0.25, 0.3) is 11.1 Å². The SMILES string of the molecule is Cc1cc(C)cc(C(=O)NCc2cncc(-c3cnn(C)c3)c2)c1. The number of amides is 1. The van der Waals surface area contributed by atoms with Crippen LogP contribution in [0.1, 0.15) is 27.0 Å². The molecule has 0 aliphatic carbocycles. The van der Waals surface area contributed by atoms with Gasteiger partial charge in [0, 0.05) is 48.9 Å². The van der Waals surface area contributed by atoms with Crippen molar-refractivity contribution in [2.45, 2.75) is 20.4 Å². The molecular weight excluding hydrogens is 300 g/mol. The van der Waals surface area contributed by atoms with E-state index in [4.69, 9.17) is 0 Å². The number of nitrogens with zero attached hydrogens (tertiary/aromatic N) is 3. The van der Waals surface area contributed by atoms with Crippen molar-refractivity contribution >= 4 is 5.91 Å². The van der Waals surface area contributed by atoms with Gasteiger partial charge in [0.15, 0.2) is 0 Å². The molecule has 3 aromatic rings. The Labute approximate surface area is 141 Å². The summed E-state index contributed by atoms with van der Waals surface area (Å²) in [6, 6.07) is 7.86. The summed E-state index contributed by atoms with van der Waals surface area (Å²) in [6.07, 6.45) is 7.30. The number of hydrogen-bond acceptors (Lipinski definition) is 3. The smallest absolute Gasteiger partial charge is 0.251 e. The largest absolute Gasteiger partial charge is 0.348 e. The van der Waals surface area contributed by atoms with Gasteiger partial charge in [-0.05, 0) is 37.6 Å². The minimum Gasteiger partial charge on any atom is -0.348 e. The molecule has 5 nitrogen and oxygen atoms in total. The summed E-state index contributed by atoms with van der Waals surface area (Å²) in [5.74, 6) is -0.0754. The van der Waals surface area contributed by atoms with Gasteiger partial charge in [0.05, 0.1) is 6.20 Å². The topological polar surface area (TPSA) is 59.8 Å². The highest BCUT2D eigenvalue weighted by atomic mass is 16.1. The molecule has 0 bridgehead atoms. The van der Waals surface area contributed by atoms with Crippen molar-refractivity contribution in [2.24, 2.45) is 7.05 Å². The standard InChI is InChI=1S/C19H20N4O/c1-13-4-14(2)6-16(5-13)19(24)21-9-15-7-17(10-20-8-15)18-11-22-23(3)12-18/h4-8,10-12H,9H2,1-3H3,(H,21,24). The van der Waals surface area contributed by atoms with Gasteiger partial charge in [0.1, 0.15) is 0 Å². The fourth-order valence-electron chi connectivity index (χ4n) is 2.70. The third-order valence-electron chi connectivity index (χ3n) is 3.77. The number of aryl methyl sites for hydroxylation is 3. The van der Waals surface area contributed by atoms with Crippen LogP contribution in [-0.2, 0) is 13.6 Å². The van der Waals surface area contributed by atoms with Gasteiger partial charge in [-0.25, -0.2) is 0 Å². The van der Waals surface area contributed by atoms with Crippen LogP contribution in [0.2, 0.25) is 0 Å². The Kier molecular flexibility index (Phi) is 4.42. The molecular formula is C19H20N4O. The molecule has 2 aromatic heterocycles. The first-order valence-electron chi connectivity index (χ1n) is 7.81. The summed E-state index contributed by atoms with van der Waals surface area (Å²) in [4.78, 5) is 16.6. The quantitative estimate of drug-likeness (QED) is 0.804. The summed E-state index contributed by atoms with van der Waals surface area (Å²) < 4.78 is 1.75. The van der Waals surface area contributed by atoms with Gasteiger partial charge >= 0.3 is 0 Å². The lowest BCUT2D eigenvalue weighted by molar-refractivity contribution is 0.0950. The fourth-order valence-corrected chi connectivity index (χ4v) is 2.70. The molecule has 5 heteroatoms. The van der Waals surface area contributed by atoms with Crippen LogP contribution in [0.5, 0.6) is 0 Å². The molecule has 0 radical (unpaired) electrons. The Bertz CT molecular complexity index is 862. The number of aromatic nitrogens is 3. The summed E-state index contributed by atoms with van der Waals surface area (Å²) in [7, 11) is 1.88. The Morgan fingerprint density at radius 1 is 1.04 bits per heavy atom. The zero-order valence-corrected chi connectivity index (χ0v) is 14.1. The third-order valence-corrected chi connectivity index (χ3v) is 3.77. The molecule has 1 aromatic carbocycles. The molecule has 0 aliphatic heterocycles. The van der Waals surface area contributed by atoms with E-state index in [1.807, 2.05) is 45.3 Å². The summed E-state index contributed by atoms with van der Waals surface area (Å²) >= 11 is 0. The van der Waals surface area contributed by atoms with Crippen molar-refractivity contribution in [3.63, 3.8) is 0 Å². The van der Waals surface area contributed by atoms with Gasteiger partial charge in [-0.2, -0.15) is 5.10 Å². The summed E-state index contributed by atoms with van der Waals surface area (Å²) in [6.45, 7) is 4.42. The molecule has 24 heavy (non-hydrogen) atoms. The van der Waals surface area contributed by atoms with E-state index >= 15 is 0 Å². The van der Waals surface area contributed by atoms with E-state index in [0.29, 0.717) is 12.1 Å². The molecule has 0 fully saturated rings. The normalized spacial score (nSPS) is 10.6. The highest BCUT2D eigenvalue weighted by Gasteiger charge is 2.08. The zero-order chi connectivity index (χ0) is 17.1. The van der Waals surface area contributed by atoms with Crippen LogP contribution in [0.3, 0.4) is 0 Å². The lowest BCUT2D eigenvalue weighted by atomic mass is 10.1. The van der Waals surface area contributed by atoms with Gasteiger partial charge in [-0.3, -0.25) is 14.5 Å². The summed E-state index contributed by atoms with van der Waals surface area (Å²) in [5.41, 5.74) is 5.80. The lowest BCUT2D eigenvalue weighted by Gasteiger charge is -2.08. The third kappa shape index (κ3) is 3.68. The highest BCUT2D eigenvalue weighted by molar-refractivity contribution is 5.94. The predicted molar refractivity (Wildman–Crippen MR) is 93.5 cm³/mol. The maximum Gasteiger partial charge on any atom is 0.251 e. The monoisotopic (exact) mass is 320 g/mol. The molecule has 0 spiro atoms. The molecule has 0 saturated carbocycles. The van der Waals surface area contributed by atoms with E-state index in [1.165, 1.54) is 0 Å². The van der Waals surface area contributed by atoms with E-state index < -0.39 is 0 Å². The van der Waals surface area contributed by atoms with Crippen molar-refractivity contribution in [2.75, 3.05) is 0 Å². The van der Waals surface area contributed by atoms with Crippen molar-refractivity contribution in [1.82, 2.24) is 20.1 Å². The maximum atomic E-state index is 12.3. The first kappa shape index (κ1) is 15.9. The molecule has 2 heterocycles. The number of hydrogen-bond donors (Lipinski definition) is 1. The number of pyridine rings is 1. The van der Waals surface area contributed by atoms with Crippen LogP contribution < -0.4 is 5.32 Å². The number of carbonyl (C=O) groups excluding carboxylic acids is 1. The van der Waals surface area contributed by atoms with Crippen LogP contribution >= 0.6 is 0 Å². The second kappa shape index (κ2) is 6.66. The molecule has 0 unspecified atom stereocenters. The molecule has 122 valence electrons. The molecule has 0 atom stereocenters. The number of carbonyl (C=O) groups is 1. The zero-order valence-electron chi connectivity index (χ0n) is 14.1. The lowest BCUT2D eigenvalue weighted by Crippen LogP contribution is -2.23. The van der Waals surface area contributed by atoms with Crippen LogP contribution in [0, 0.1) is 13.8 Å². The first-order valence-corrected chi connectivity index (χ1v) is 7.81. The molecule has 1 amide bonds. The first-order chi connectivity index (χ1) is 11.5. The number of nitrogens with one attached hydrogen (secondary N) is 1. The Morgan fingerprint density at radius 2 is 1.79 bits per heavy atom. The van der Waals surface area contributed by atoms with Gasteiger partial charge in [0.2, 0.25) is 0 Å². The van der Waals surface area contributed by atoms with Crippen molar-refractivity contribution in [3.8, 4) is 11.1 Å². The Balaban J connectivity index is 1.71. The molecule has 0 aliphatic rings. The minimum absolute atomic E-state index is 0.0754. The van der Waals surface area contributed by atoms with E-state index in [0.717, 1.165) is 27.8 Å². The van der Waals surface area contributed by atoms with Crippen LogP contribution in [-0.4, -0.2) is 20.7 Å². The van der Waals surface area contributed by atoms with E-state index in [1.54, 1.807) is 23.3 Å². The van der Waals surface area contributed by atoms with Crippen molar-refractivity contribution in [1.29, 1.82) is 0 Å². The molecule has 1 N–H and O–H groups in total. The highest BCUT2D eigenvalue weighted by Crippen LogP contribution is 2.18. The summed E-state index contributed by atoms with van der Waals surface area (Å²) in [5, 5.41) is 7.13. The average molecular weight is 320 g/mol. The second-order valence-electron chi connectivity index (χ2n) is 6.04. The van der Waals surface area contributed by atoms with Crippen LogP contribution in [0.15, 0.2) is 49.1 Å². The van der Waals surface area contributed by atoms with Crippen molar-refractivity contribution in [3.05, 3.63) is 71.3 Å². The van der Waals surface area contributed by atoms with Gasteiger partial charge in [-0.15, -0.1) is 0 Å². The average Bonchev–Trinajstić information content (AvgIpc) is 2.98. The van der Waals surface area contributed by atoms with Crippen LogP contribution in [0.4, 0.5) is 0 Å². The Hall–Kier alpha value is -2.95. The number of benzene rings is 1. The van der Waals surface area contributed by atoms with Gasteiger partial charge in [0.25, 0.3) is 5.91 Å². The Morgan fingerprint density at radius 3 is 2.46 bits per heavy atom. The maximum absolute atomic E-state index is 12.3. The van der Waals surface area contributed by atoms with E-state index in [9.17, 15) is 4.79 Å². The van der Waals surface area contributed by atoms with Crippen molar-refractivity contribution < 1.29 is 4.79 Å². The van der Waals surface area contributed by atoms with Gasteiger partial charge < -0.3 is 5.32 Å². The van der Waals surface area contributed by atoms with E-state index in [2.05, 4.69) is 21.5 Å². The second-order valence-corrected chi connectivity index (χ2v) is 6.04. The van der Waals surface area contributed by atoms with Gasteiger partial charge in [-0.1, -0.05) is 17.2 Å². The minimum atomic E-state index is -0.0754. The van der Waals surface area contributed by atoms with E-state index in [-0.39, 0.29) is 5.91 Å². The molecule has 3 rings (SSSR count). The fraction of sp³-hybridized carbons (Fsp3) is 0.211. The molecule has 0 saturated heterocycles. The predicted octanol–water partition coefficient (Wildman–Crippen LogP) is 3.03. The number of rotatable bonds is 4.